The summed E-state index contributed by atoms with van der Waals surface area (Å²) >= 11 is 1.52. The molecule has 188 valence electrons. The number of fused-ring (bicyclic) bond motifs is 1. The summed E-state index contributed by atoms with van der Waals surface area (Å²) in [4.78, 5) is 20.8. The molecule has 0 atom stereocenters. The third-order valence-electron chi connectivity index (χ3n) is 5.69. The lowest BCUT2D eigenvalue weighted by molar-refractivity contribution is 0.0984. The summed E-state index contributed by atoms with van der Waals surface area (Å²) in [6.07, 6.45) is 0.876. The van der Waals surface area contributed by atoms with Crippen molar-refractivity contribution >= 4 is 32.6 Å². The second kappa shape index (κ2) is 11.9. The van der Waals surface area contributed by atoms with E-state index in [1.807, 2.05) is 57.2 Å². The van der Waals surface area contributed by atoms with Crippen molar-refractivity contribution in [2.24, 2.45) is 0 Å². The molecule has 7 heteroatoms. The molecule has 3 aromatic carbocycles. The van der Waals surface area contributed by atoms with Crippen molar-refractivity contribution < 1.29 is 19.0 Å². The Bertz CT molecular complexity index is 1290. The number of nitrogens with zero attached hydrogens (tertiary/aromatic N) is 2. The van der Waals surface area contributed by atoms with E-state index in [4.69, 9.17) is 19.2 Å². The second-order valence-corrected chi connectivity index (χ2v) is 9.10. The molecule has 0 bridgehead atoms. The molecule has 0 radical (unpaired) electrons. The Morgan fingerprint density at radius 2 is 1.53 bits per heavy atom. The number of rotatable bonds is 11. The van der Waals surface area contributed by atoms with Gasteiger partial charge in [0, 0.05) is 5.56 Å². The summed E-state index contributed by atoms with van der Waals surface area (Å²) in [5, 5.41) is 0.657. The molecule has 4 rings (SSSR count). The van der Waals surface area contributed by atoms with Gasteiger partial charge in [0.25, 0.3) is 5.91 Å². The van der Waals surface area contributed by atoms with Crippen LogP contribution in [0.25, 0.3) is 10.2 Å². The van der Waals surface area contributed by atoms with Gasteiger partial charge in [0.2, 0.25) is 5.75 Å². The van der Waals surface area contributed by atoms with E-state index < -0.39 is 0 Å². The van der Waals surface area contributed by atoms with E-state index in [9.17, 15) is 4.79 Å². The highest BCUT2D eigenvalue weighted by atomic mass is 32.1. The molecule has 0 N–H and O–H groups in total. The molecule has 36 heavy (non-hydrogen) atoms. The minimum absolute atomic E-state index is 0.180. The van der Waals surface area contributed by atoms with Gasteiger partial charge in [-0.2, -0.15) is 0 Å². The van der Waals surface area contributed by atoms with Crippen LogP contribution in [0, 0.1) is 0 Å². The number of benzene rings is 3. The summed E-state index contributed by atoms with van der Waals surface area (Å²) in [7, 11) is 0. The maximum Gasteiger partial charge on any atom is 0.260 e. The highest BCUT2D eigenvalue weighted by molar-refractivity contribution is 7.22. The number of aromatic nitrogens is 1. The van der Waals surface area contributed by atoms with Crippen LogP contribution < -0.4 is 19.1 Å². The zero-order valence-electron chi connectivity index (χ0n) is 21.2. The molecule has 0 saturated carbocycles. The van der Waals surface area contributed by atoms with E-state index in [-0.39, 0.29) is 5.91 Å². The zero-order chi connectivity index (χ0) is 25.5. The Labute approximate surface area is 216 Å². The first-order valence-corrected chi connectivity index (χ1v) is 13.2. The third kappa shape index (κ3) is 5.46. The first-order chi connectivity index (χ1) is 17.6. The van der Waals surface area contributed by atoms with Gasteiger partial charge < -0.3 is 14.2 Å². The Hall–Kier alpha value is -3.58. The van der Waals surface area contributed by atoms with Gasteiger partial charge in [-0.3, -0.25) is 9.69 Å². The van der Waals surface area contributed by atoms with Crippen molar-refractivity contribution in [3.05, 3.63) is 77.4 Å². The third-order valence-corrected chi connectivity index (χ3v) is 6.73. The molecule has 0 aliphatic heterocycles. The Balaban J connectivity index is 1.83. The number of carbonyl (C=O) groups excluding carboxylic acids is 1. The van der Waals surface area contributed by atoms with Crippen LogP contribution in [0.2, 0.25) is 0 Å². The maximum absolute atomic E-state index is 14.1. The SMILES string of the molecule is CCOc1cc(C(=O)N(Cc2ccccc2)c2nc3c(CC)cccc3s2)cc(OCC)c1OCC. The first-order valence-electron chi connectivity index (χ1n) is 12.4. The fourth-order valence-corrected chi connectivity index (χ4v) is 5.07. The van der Waals surface area contributed by atoms with Crippen molar-refractivity contribution in [2.75, 3.05) is 24.7 Å². The molecule has 0 fully saturated rings. The summed E-state index contributed by atoms with van der Waals surface area (Å²) in [5.41, 5.74) is 3.58. The largest absolute Gasteiger partial charge is 0.490 e. The predicted octanol–water partition coefficient (Wildman–Crippen LogP) is 6.90. The summed E-state index contributed by atoms with van der Waals surface area (Å²) in [6.45, 7) is 9.55. The number of anilines is 1. The van der Waals surface area contributed by atoms with Gasteiger partial charge in [-0.05, 0) is 56.5 Å². The minimum atomic E-state index is -0.180. The molecule has 0 spiro atoms. The van der Waals surface area contributed by atoms with Crippen LogP contribution in [0.1, 0.15) is 49.2 Å². The van der Waals surface area contributed by atoms with Gasteiger partial charge in [-0.25, -0.2) is 4.98 Å². The fraction of sp³-hybridized carbons (Fsp3) is 0.310. The number of hydrogen-bond acceptors (Lipinski definition) is 6. The van der Waals surface area contributed by atoms with Gasteiger partial charge in [0.15, 0.2) is 16.6 Å². The molecule has 1 heterocycles. The van der Waals surface area contributed by atoms with Gasteiger partial charge in [-0.1, -0.05) is 60.7 Å². The molecule has 6 nitrogen and oxygen atoms in total. The highest BCUT2D eigenvalue weighted by Crippen LogP contribution is 2.40. The average Bonchev–Trinajstić information content (AvgIpc) is 3.33. The van der Waals surface area contributed by atoms with E-state index in [1.54, 1.807) is 17.0 Å². The van der Waals surface area contributed by atoms with Gasteiger partial charge in [0.1, 0.15) is 0 Å². The van der Waals surface area contributed by atoms with E-state index in [0.29, 0.717) is 54.3 Å². The smallest absolute Gasteiger partial charge is 0.260 e. The molecule has 0 aliphatic carbocycles. The summed E-state index contributed by atoms with van der Waals surface area (Å²) < 4.78 is 18.6. The zero-order valence-corrected chi connectivity index (χ0v) is 22.1. The minimum Gasteiger partial charge on any atom is -0.490 e. The van der Waals surface area contributed by atoms with E-state index >= 15 is 0 Å². The van der Waals surface area contributed by atoms with E-state index in [1.165, 1.54) is 16.9 Å². The van der Waals surface area contributed by atoms with Crippen molar-refractivity contribution in [2.45, 2.75) is 40.7 Å². The van der Waals surface area contributed by atoms with Crippen LogP contribution in [-0.4, -0.2) is 30.7 Å². The topological polar surface area (TPSA) is 60.9 Å². The monoisotopic (exact) mass is 504 g/mol. The van der Waals surface area contributed by atoms with Gasteiger partial charge in [-0.15, -0.1) is 0 Å². The molecule has 1 amide bonds. The van der Waals surface area contributed by atoms with Crippen LogP contribution in [0.4, 0.5) is 5.13 Å². The van der Waals surface area contributed by atoms with E-state index in [0.717, 1.165) is 22.2 Å². The van der Waals surface area contributed by atoms with Crippen molar-refractivity contribution in [1.29, 1.82) is 0 Å². The summed E-state index contributed by atoms with van der Waals surface area (Å²) in [6, 6.07) is 19.6. The first kappa shape index (κ1) is 25.5. The van der Waals surface area contributed by atoms with E-state index in [2.05, 4.69) is 19.1 Å². The van der Waals surface area contributed by atoms with Gasteiger partial charge >= 0.3 is 0 Å². The molecular weight excluding hydrogens is 472 g/mol. The lowest BCUT2D eigenvalue weighted by atomic mass is 10.1. The van der Waals surface area contributed by atoms with Crippen LogP contribution in [0.15, 0.2) is 60.7 Å². The number of aryl methyl sites for hydroxylation is 1. The normalized spacial score (nSPS) is 10.9. The quantitative estimate of drug-likeness (QED) is 0.222. The number of ether oxygens (including phenoxy) is 3. The fourth-order valence-electron chi connectivity index (χ4n) is 4.05. The number of thiazole rings is 1. The summed E-state index contributed by atoms with van der Waals surface area (Å²) in [5.74, 6) is 1.32. The molecule has 4 aromatic rings. The number of carbonyl (C=O) groups is 1. The van der Waals surface area contributed by atoms with Crippen LogP contribution in [-0.2, 0) is 13.0 Å². The van der Waals surface area contributed by atoms with Crippen LogP contribution in [0.5, 0.6) is 17.2 Å². The average molecular weight is 505 g/mol. The lowest BCUT2D eigenvalue weighted by Gasteiger charge is -2.22. The highest BCUT2D eigenvalue weighted by Gasteiger charge is 2.26. The van der Waals surface area contributed by atoms with Crippen molar-refractivity contribution in [3.8, 4) is 17.2 Å². The standard InChI is InChI=1S/C29H32N2O4S/c1-5-21-15-12-16-25-26(21)30-29(36-25)31(19-20-13-10-9-11-14-20)28(32)22-17-23(33-6-2)27(35-8-4)24(18-22)34-7-3/h9-18H,5-8,19H2,1-4H3. The van der Waals surface area contributed by atoms with Crippen molar-refractivity contribution in [3.63, 3.8) is 0 Å². The lowest BCUT2D eigenvalue weighted by Crippen LogP contribution is -2.30. The molecule has 0 saturated heterocycles. The molecule has 0 unspecified atom stereocenters. The van der Waals surface area contributed by atoms with Crippen LogP contribution >= 0.6 is 11.3 Å². The van der Waals surface area contributed by atoms with Gasteiger partial charge in [0.05, 0.1) is 36.6 Å². The second-order valence-electron chi connectivity index (χ2n) is 8.09. The number of amides is 1. The van der Waals surface area contributed by atoms with Crippen molar-refractivity contribution in [1.82, 2.24) is 4.98 Å². The Kier molecular flexibility index (Phi) is 8.44. The molecule has 0 aliphatic rings. The Morgan fingerprint density at radius 3 is 2.14 bits per heavy atom. The van der Waals surface area contributed by atoms with Crippen LogP contribution in [0.3, 0.4) is 0 Å². The number of para-hydroxylation sites is 1. The number of hydrogen-bond donors (Lipinski definition) is 0. The molecule has 1 aromatic heterocycles. The maximum atomic E-state index is 14.1. The molecular formula is C29H32N2O4S. The Morgan fingerprint density at radius 1 is 0.861 bits per heavy atom. The predicted molar refractivity (Wildman–Crippen MR) is 146 cm³/mol.